The topological polar surface area (TPSA) is 45.5 Å². The lowest BCUT2D eigenvalue weighted by molar-refractivity contribution is 0.0950. The summed E-state index contributed by atoms with van der Waals surface area (Å²) in [6.07, 6.45) is 4.30. The minimum Gasteiger partial charge on any atom is -0.472 e. The van der Waals surface area contributed by atoms with Crippen molar-refractivity contribution in [3.63, 3.8) is 0 Å². The smallest absolute Gasteiger partial charge is 0.254 e. The molecule has 3 rings (SSSR count). The van der Waals surface area contributed by atoms with Crippen LogP contribution in [0.1, 0.15) is 41.8 Å². The van der Waals surface area contributed by atoms with Crippen LogP contribution in [0, 0.1) is 11.8 Å². The maximum atomic E-state index is 12.1. The van der Waals surface area contributed by atoms with Crippen LogP contribution in [-0.2, 0) is 13.1 Å². The normalized spacial score (nSPS) is 21.6. The second kappa shape index (κ2) is 7.67. The number of carbonyl (C=O) groups is 1. The molecule has 0 saturated carbocycles. The highest BCUT2D eigenvalue weighted by atomic mass is 16.3. The number of hydrogen-bond donors (Lipinski definition) is 1. The lowest BCUT2D eigenvalue weighted by Gasteiger charge is -2.35. The molecular weight excluding hydrogens is 300 g/mol. The van der Waals surface area contributed by atoms with Crippen molar-refractivity contribution in [3.05, 3.63) is 59.5 Å². The van der Waals surface area contributed by atoms with Gasteiger partial charge >= 0.3 is 0 Å². The van der Waals surface area contributed by atoms with Crippen molar-refractivity contribution in [3.8, 4) is 0 Å². The summed E-state index contributed by atoms with van der Waals surface area (Å²) in [5, 5.41) is 2.98. The van der Waals surface area contributed by atoms with Crippen LogP contribution >= 0.6 is 0 Å². The van der Waals surface area contributed by atoms with Gasteiger partial charge < -0.3 is 9.73 Å². The molecule has 0 spiro atoms. The van der Waals surface area contributed by atoms with Gasteiger partial charge in [-0.25, -0.2) is 0 Å². The minimum atomic E-state index is -0.0984. The molecular formula is C20H26N2O2. The summed E-state index contributed by atoms with van der Waals surface area (Å²) in [5.41, 5.74) is 3.04. The molecule has 1 saturated heterocycles. The van der Waals surface area contributed by atoms with Gasteiger partial charge in [-0.15, -0.1) is 0 Å². The Kier molecular flexibility index (Phi) is 5.36. The average Bonchev–Trinajstić information content (AvgIpc) is 3.07. The molecule has 0 unspecified atom stereocenters. The Bertz CT molecular complexity index is 656. The molecule has 1 aliphatic heterocycles. The first-order valence-electron chi connectivity index (χ1n) is 8.71. The predicted octanol–water partition coefficient (Wildman–Crippen LogP) is 3.69. The number of furan rings is 1. The summed E-state index contributed by atoms with van der Waals surface area (Å²) in [7, 11) is 0. The molecule has 1 aliphatic rings. The fraction of sp³-hybridized carbons (Fsp3) is 0.450. The van der Waals surface area contributed by atoms with E-state index in [0.717, 1.165) is 31.5 Å². The molecule has 1 aromatic carbocycles. The lowest BCUT2D eigenvalue weighted by Crippen LogP contribution is -2.38. The van der Waals surface area contributed by atoms with Crippen LogP contribution in [0.15, 0.2) is 47.3 Å². The van der Waals surface area contributed by atoms with Gasteiger partial charge in [-0.3, -0.25) is 9.69 Å². The summed E-state index contributed by atoms with van der Waals surface area (Å²) < 4.78 is 4.96. The van der Waals surface area contributed by atoms with Crippen LogP contribution in [0.4, 0.5) is 0 Å². The molecule has 1 N–H and O–H groups in total. The van der Waals surface area contributed by atoms with Crippen molar-refractivity contribution >= 4 is 5.91 Å². The molecule has 4 heteroatoms. The number of carbonyl (C=O) groups excluding carboxylic acids is 1. The van der Waals surface area contributed by atoms with E-state index in [9.17, 15) is 4.79 Å². The van der Waals surface area contributed by atoms with E-state index in [0.29, 0.717) is 12.1 Å². The van der Waals surface area contributed by atoms with Crippen LogP contribution in [0.2, 0.25) is 0 Å². The third kappa shape index (κ3) is 4.26. The van der Waals surface area contributed by atoms with Gasteiger partial charge in [0.15, 0.2) is 0 Å². The van der Waals surface area contributed by atoms with E-state index < -0.39 is 0 Å². The number of likely N-dealkylation sites (tertiary alicyclic amines) is 1. The molecule has 2 aromatic rings. The van der Waals surface area contributed by atoms with E-state index in [1.165, 1.54) is 30.1 Å². The van der Waals surface area contributed by atoms with Gasteiger partial charge in [-0.2, -0.15) is 0 Å². The van der Waals surface area contributed by atoms with Crippen molar-refractivity contribution in [1.29, 1.82) is 0 Å². The molecule has 4 nitrogen and oxygen atoms in total. The monoisotopic (exact) mass is 326 g/mol. The molecule has 1 amide bonds. The van der Waals surface area contributed by atoms with Crippen LogP contribution in [0.25, 0.3) is 0 Å². The maximum Gasteiger partial charge on any atom is 0.254 e. The largest absolute Gasteiger partial charge is 0.472 e. The first kappa shape index (κ1) is 16.8. The van der Waals surface area contributed by atoms with Gasteiger partial charge in [0.1, 0.15) is 6.26 Å². The first-order valence-corrected chi connectivity index (χ1v) is 8.71. The van der Waals surface area contributed by atoms with Gasteiger partial charge in [-0.05, 0) is 35.4 Å². The first-order chi connectivity index (χ1) is 11.6. The van der Waals surface area contributed by atoms with E-state index in [4.69, 9.17) is 4.42 Å². The van der Waals surface area contributed by atoms with Crippen molar-refractivity contribution in [2.75, 3.05) is 13.1 Å². The zero-order valence-corrected chi connectivity index (χ0v) is 14.5. The van der Waals surface area contributed by atoms with Gasteiger partial charge in [0.05, 0.1) is 11.8 Å². The van der Waals surface area contributed by atoms with Crippen LogP contribution in [0.3, 0.4) is 0 Å². The number of hydrogen-bond acceptors (Lipinski definition) is 3. The number of amides is 1. The van der Waals surface area contributed by atoms with Gasteiger partial charge in [0, 0.05) is 26.2 Å². The molecule has 2 heterocycles. The van der Waals surface area contributed by atoms with E-state index >= 15 is 0 Å². The van der Waals surface area contributed by atoms with Crippen LogP contribution < -0.4 is 5.32 Å². The Morgan fingerprint density at radius 3 is 2.54 bits per heavy atom. The van der Waals surface area contributed by atoms with E-state index in [-0.39, 0.29) is 5.91 Å². The number of nitrogens with one attached hydrogen (secondary N) is 1. The molecule has 0 radical (unpaired) electrons. The van der Waals surface area contributed by atoms with Gasteiger partial charge in [0.25, 0.3) is 5.91 Å². The Labute approximate surface area is 143 Å². The van der Waals surface area contributed by atoms with Crippen molar-refractivity contribution < 1.29 is 9.21 Å². The number of nitrogens with zero attached hydrogens (tertiary/aromatic N) is 1. The zero-order valence-electron chi connectivity index (χ0n) is 14.5. The molecule has 2 atom stereocenters. The summed E-state index contributed by atoms with van der Waals surface area (Å²) >= 11 is 0. The number of piperidine rings is 1. The highest BCUT2D eigenvalue weighted by molar-refractivity contribution is 5.93. The van der Waals surface area contributed by atoms with E-state index in [1.807, 2.05) is 6.07 Å². The number of rotatable bonds is 5. The Morgan fingerprint density at radius 1 is 1.17 bits per heavy atom. The molecule has 0 aliphatic carbocycles. The van der Waals surface area contributed by atoms with E-state index in [2.05, 4.69) is 42.3 Å². The highest BCUT2D eigenvalue weighted by Crippen LogP contribution is 2.23. The molecule has 1 fully saturated rings. The molecule has 24 heavy (non-hydrogen) atoms. The molecule has 0 bridgehead atoms. The predicted molar refractivity (Wildman–Crippen MR) is 94.5 cm³/mol. The second-order valence-corrected chi connectivity index (χ2v) is 7.10. The SMILES string of the molecule is C[C@H]1C[C@H](C)CN(Cc2ccccc2CNC(=O)c2ccoc2)C1. The third-order valence-electron chi connectivity index (χ3n) is 4.68. The highest BCUT2D eigenvalue weighted by Gasteiger charge is 2.22. The summed E-state index contributed by atoms with van der Waals surface area (Å²) in [6.45, 7) is 8.46. The van der Waals surface area contributed by atoms with Crippen molar-refractivity contribution in [1.82, 2.24) is 10.2 Å². The summed E-state index contributed by atoms with van der Waals surface area (Å²) in [5.74, 6) is 1.40. The zero-order chi connectivity index (χ0) is 16.9. The summed E-state index contributed by atoms with van der Waals surface area (Å²) in [4.78, 5) is 14.6. The van der Waals surface area contributed by atoms with Crippen LogP contribution in [-0.4, -0.2) is 23.9 Å². The second-order valence-electron chi connectivity index (χ2n) is 7.10. The van der Waals surface area contributed by atoms with Gasteiger partial charge in [0.2, 0.25) is 0 Å². The maximum absolute atomic E-state index is 12.1. The third-order valence-corrected chi connectivity index (χ3v) is 4.68. The average molecular weight is 326 g/mol. The molecule has 1 aromatic heterocycles. The Balaban J connectivity index is 1.63. The lowest BCUT2D eigenvalue weighted by atomic mass is 9.91. The molecule has 128 valence electrons. The van der Waals surface area contributed by atoms with Gasteiger partial charge in [-0.1, -0.05) is 38.1 Å². The van der Waals surface area contributed by atoms with E-state index in [1.54, 1.807) is 6.07 Å². The fourth-order valence-corrected chi connectivity index (χ4v) is 3.72. The van der Waals surface area contributed by atoms with Crippen LogP contribution in [0.5, 0.6) is 0 Å². The van der Waals surface area contributed by atoms with Crippen molar-refractivity contribution in [2.24, 2.45) is 11.8 Å². The standard InChI is InChI=1S/C20H26N2O2/c1-15-9-16(2)12-22(11-15)13-18-6-4-3-5-17(18)10-21-20(23)19-7-8-24-14-19/h3-8,14-16H,9-13H2,1-2H3,(H,21,23)/t15-,16-/m0/s1. The number of benzene rings is 1. The quantitative estimate of drug-likeness (QED) is 0.911. The van der Waals surface area contributed by atoms with Crippen molar-refractivity contribution in [2.45, 2.75) is 33.4 Å². The Hall–Kier alpha value is -2.07. The summed E-state index contributed by atoms with van der Waals surface area (Å²) in [6, 6.07) is 10.1. The fourth-order valence-electron chi connectivity index (χ4n) is 3.72. The Morgan fingerprint density at radius 2 is 1.88 bits per heavy atom. The minimum absolute atomic E-state index is 0.0984.